The van der Waals surface area contributed by atoms with Crippen LogP contribution in [0.2, 0.25) is 10.0 Å². The molecule has 206 valence electrons. The number of hydrogen-bond acceptors (Lipinski definition) is 7. The number of rotatable bonds is 8. The summed E-state index contributed by atoms with van der Waals surface area (Å²) < 4.78 is 32.3. The van der Waals surface area contributed by atoms with Gasteiger partial charge in [-0.15, -0.1) is 0 Å². The molecule has 3 aromatic carbocycles. The average Bonchev–Trinajstić information content (AvgIpc) is 3.41. The SMILES string of the molecule is COc1cc(NC(=O)C2=C(C)Nc3ncnn3[C@H]2c2ccc(OCc3c(F)cccc3Cl)cc2)c(OC)cc1Cl. The van der Waals surface area contributed by atoms with Gasteiger partial charge in [0.2, 0.25) is 5.95 Å². The van der Waals surface area contributed by atoms with Crippen LogP contribution in [0.4, 0.5) is 16.0 Å². The second-order valence-corrected chi connectivity index (χ2v) is 9.61. The Labute approximate surface area is 239 Å². The maximum absolute atomic E-state index is 14.1. The lowest BCUT2D eigenvalue weighted by atomic mass is 9.95. The molecule has 9 nitrogen and oxygen atoms in total. The summed E-state index contributed by atoms with van der Waals surface area (Å²) in [6.07, 6.45) is 1.41. The van der Waals surface area contributed by atoms with Crippen molar-refractivity contribution in [2.24, 2.45) is 0 Å². The van der Waals surface area contributed by atoms with Crippen molar-refractivity contribution in [2.45, 2.75) is 19.6 Å². The van der Waals surface area contributed by atoms with E-state index in [1.54, 1.807) is 41.9 Å². The number of anilines is 2. The molecule has 1 aliphatic heterocycles. The van der Waals surface area contributed by atoms with Gasteiger partial charge < -0.3 is 24.8 Å². The number of nitrogens with one attached hydrogen (secondary N) is 2. The van der Waals surface area contributed by atoms with Crippen LogP contribution in [0.15, 0.2) is 72.2 Å². The number of benzene rings is 3. The van der Waals surface area contributed by atoms with Crippen molar-refractivity contribution in [1.29, 1.82) is 0 Å². The first-order valence-corrected chi connectivity index (χ1v) is 12.8. The van der Waals surface area contributed by atoms with E-state index in [9.17, 15) is 9.18 Å². The van der Waals surface area contributed by atoms with Gasteiger partial charge >= 0.3 is 0 Å². The van der Waals surface area contributed by atoms with Crippen LogP contribution in [0, 0.1) is 5.82 Å². The van der Waals surface area contributed by atoms with Crippen molar-refractivity contribution in [3.8, 4) is 17.2 Å². The lowest BCUT2D eigenvalue weighted by Crippen LogP contribution is -2.31. The van der Waals surface area contributed by atoms with E-state index in [2.05, 4.69) is 20.7 Å². The molecule has 0 bridgehead atoms. The van der Waals surface area contributed by atoms with Crippen molar-refractivity contribution in [1.82, 2.24) is 14.8 Å². The molecule has 4 aromatic rings. The molecule has 1 atom stereocenters. The topological polar surface area (TPSA) is 99.5 Å². The Kier molecular flexibility index (Phi) is 7.81. The normalized spacial score (nSPS) is 14.3. The van der Waals surface area contributed by atoms with Gasteiger partial charge in [0.05, 0.1) is 35.5 Å². The van der Waals surface area contributed by atoms with Crippen LogP contribution in [0.3, 0.4) is 0 Å². The molecule has 2 N–H and O–H groups in total. The quantitative estimate of drug-likeness (QED) is 0.253. The first-order chi connectivity index (χ1) is 19.3. The number of carbonyl (C=O) groups excluding carboxylic acids is 1. The molecule has 0 fully saturated rings. The predicted molar refractivity (Wildman–Crippen MR) is 150 cm³/mol. The van der Waals surface area contributed by atoms with Crippen molar-refractivity contribution in [3.63, 3.8) is 0 Å². The number of fused-ring (bicyclic) bond motifs is 1. The van der Waals surface area contributed by atoms with E-state index in [4.69, 9.17) is 37.4 Å². The predicted octanol–water partition coefficient (Wildman–Crippen LogP) is 6.25. The Bertz CT molecular complexity index is 1590. The number of methoxy groups -OCH3 is 2. The molecule has 0 radical (unpaired) electrons. The highest BCUT2D eigenvalue weighted by Crippen LogP contribution is 2.39. The van der Waals surface area contributed by atoms with Crippen LogP contribution in [0.25, 0.3) is 0 Å². The monoisotopic (exact) mass is 583 g/mol. The van der Waals surface area contributed by atoms with Gasteiger partial charge in [0.15, 0.2) is 0 Å². The number of amides is 1. The van der Waals surface area contributed by atoms with Crippen molar-refractivity contribution >= 4 is 40.7 Å². The van der Waals surface area contributed by atoms with E-state index in [0.717, 1.165) is 5.56 Å². The van der Waals surface area contributed by atoms with Gasteiger partial charge in [-0.1, -0.05) is 41.4 Å². The van der Waals surface area contributed by atoms with Crippen LogP contribution in [0.5, 0.6) is 17.2 Å². The smallest absolute Gasteiger partial charge is 0.255 e. The largest absolute Gasteiger partial charge is 0.495 e. The molecular weight excluding hydrogens is 560 g/mol. The molecule has 0 spiro atoms. The molecule has 12 heteroatoms. The molecule has 0 saturated carbocycles. The van der Waals surface area contributed by atoms with Gasteiger partial charge in [0, 0.05) is 23.4 Å². The van der Waals surface area contributed by atoms with E-state index < -0.39 is 17.8 Å². The van der Waals surface area contributed by atoms with E-state index in [0.29, 0.717) is 45.2 Å². The molecule has 0 aliphatic carbocycles. The zero-order valence-corrected chi connectivity index (χ0v) is 23.2. The summed E-state index contributed by atoms with van der Waals surface area (Å²) in [4.78, 5) is 18.0. The summed E-state index contributed by atoms with van der Waals surface area (Å²) in [6, 6.07) is 14.1. The van der Waals surface area contributed by atoms with E-state index in [-0.39, 0.29) is 17.2 Å². The molecule has 0 saturated heterocycles. The highest BCUT2D eigenvalue weighted by molar-refractivity contribution is 6.32. The van der Waals surface area contributed by atoms with Crippen LogP contribution in [0.1, 0.15) is 24.1 Å². The number of allylic oxidation sites excluding steroid dienone is 1. The van der Waals surface area contributed by atoms with Crippen molar-refractivity contribution in [2.75, 3.05) is 24.9 Å². The Morgan fingerprint density at radius 2 is 1.82 bits per heavy atom. The number of aromatic nitrogens is 3. The standard InChI is InChI=1S/C28H24Cl2FN5O4/c1-15-25(27(37)35-22-12-23(38-2)20(30)11-24(22)39-3)26(36-28(34-15)32-14-33-36)16-7-9-17(10-8-16)40-13-18-19(29)5-4-6-21(18)31/h4-12,14,26H,13H2,1-3H3,(H,35,37)(H,32,33,34)/t26-/m0/s1. The Morgan fingerprint density at radius 3 is 2.52 bits per heavy atom. The van der Waals surface area contributed by atoms with Crippen LogP contribution >= 0.6 is 23.2 Å². The van der Waals surface area contributed by atoms with E-state index >= 15 is 0 Å². The van der Waals surface area contributed by atoms with Gasteiger partial charge in [0.25, 0.3) is 5.91 Å². The van der Waals surface area contributed by atoms with Crippen molar-refractivity contribution < 1.29 is 23.4 Å². The maximum Gasteiger partial charge on any atom is 0.255 e. The third-order valence-electron chi connectivity index (χ3n) is 6.40. The summed E-state index contributed by atoms with van der Waals surface area (Å²) in [5.41, 5.74) is 2.39. The Hall–Kier alpha value is -4.28. The zero-order chi connectivity index (χ0) is 28.4. The molecule has 2 heterocycles. The van der Waals surface area contributed by atoms with Gasteiger partial charge in [-0.3, -0.25) is 4.79 Å². The minimum Gasteiger partial charge on any atom is -0.495 e. The Balaban J connectivity index is 1.44. The average molecular weight is 584 g/mol. The number of hydrogen-bond donors (Lipinski definition) is 2. The lowest BCUT2D eigenvalue weighted by molar-refractivity contribution is -0.113. The first-order valence-electron chi connectivity index (χ1n) is 12.1. The summed E-state index contributed by atoms with van der Waals surface area (Å²) >= 11 is 12.3. The Morgan fingerprint density at radius 1 is 1.07 bits per heavy atom. The first kappa shape index (κ1) is 27.3. The highest BCUT2D eigenvalue weighted by atomic mass is 35.5. The number of carbonyl (C=O) groups is 1. The van der Waals surface area contributed by atoms with Gasteiger partial charge in [-0.25, -0.2) is 9.07 Å². The lowest BCUT2D eigenvalue weighted by Gasteiger charge is -2.29. The molecule has 5 rings (SSSR count). The van der Waals surface area contributed by atoms with Gasteiger partial charge in [-0.2, -0.15) is 10.1 Å². The van der Waals surface area contributed by atoms with Crippen molar-refractivity contribution in [3.05, 3.63) is 99.2 Å². The van der Waals surface area contributed by atoms with Gasteiger partial charge in [0.1, 0.15) is 42.0 Å². The molecule has 1 amide bonds. The maximum atomic E-state index is 14.1. The summed E-state index contributed by atoms with van der Waals surface area (Å²) in [6.45, 7) is 1.75. The number of nitrogens with zero attached hydrogens (tertiary/aromatic N) is 3. The second kappa shape index (κ2) is 11.4. The fourth-order valence-electron chi connectivity index (χ4n) is 4.41. The molecular formula is C28H24Cl2FN5O4. The number of halogens is 3. The molecule has 1 aliphatic rings. The fourth-order valence-corrected chi connectivity index (χ4v) is 4.86. The second-order valence-electron chi connectivity index (χ2n) is 8.79. The van der Waals surface area contributed by atoms with Gasteiger partial charge in [-0.05, 0) is 36.8 Å². The van der Waals surface area contributed by atoms with E-state index in [1.165, 1.54) is 32.7 Å². The highest BCUT2D eigenvalue weighted by Gasteiger charge is 2.34. The van der Waals surface area contributed by atoms with E-state index in [1.807, 2.05) is 12.1 Å². The number of ether oxygens (including phenoxy) is 3. The summed E-state index contributed by atoms with van der Waals surface area (Å²) in [5, 5.41) is 11.0. The minimum atomic E-state index is -0.617. The van der Waals surface area contributed by atoms with Crippen LogP contribution in [-0.2, 0) is 11.4 Å². The minimum absolute atomic E-state index is 0.0372. The summed E-state index contributed by atoms with van der Waals surface area (Å²) in [7, 11) is 2.96. The zero-order valence-electron chi connectivity index (χ0n) is 21.7. The molecule has 1 aromatic heterocycles. The van der Waals surface area contributed by atoms with Crippen LogP contribution < -0.4 is 24.8 Å². The fraction of sp³-hybridized carbons (Fsp3) is 0.179. The molecule has 0 unspecified atom stereocenters. The third-order valence-corrected chi connectivity index (χ3v) is 7.05. The third kappa shape index (κ3) is 5.28. The summed E-state index contributed by atoms with van der Waals surface area (Å²) in [5.74, 6) is 0.903. The van der Waals surface area contributed by atoms with Crippen LogP contribution in [-0.4, -0.2) is 34.9 Å². The molecule has 40 heavy (non-hydrogen) atoms.